The van der Waals surface area contributed by atoms with Crippen LogP contribution in [0.5, 0.6) is 5.75 Å². The van der Waals surface area contributed by atoms with E-state index in [4.69, 9.17) is 4.74 Å². The molecule has 3 rings (SSSR count). The molecule has 0 radical (unpaired) electrons. The fourth-order valence-electron chi connectivity index (χ4n) is 2.90. The highest BCUT2D eigenvalue weighted by molar-refractivity contribution is 7.98. The van der Waals surface area contributed by atoms with E-state index in [1.807, 2.05) is 66.7 Å². The summed E-state index contributed by atoms with van der Waals surface area (Å²) in [5, 5.41) is 2.93. The molecule has 1 atom stereocenters. The van der Waals surface area contributed by atoms with Crippen molar-refractivity contribution in [3.05, 3.63) is 90.0 Å². The second kappa shape index (κ2) is 9.86. The lowest BCUT2D eigenvalue weighted by Crippen LogP contribution is -2.30. The molecule has 1 N–H and O–H groups in total. The smallest absolute Gasteiger partial charge is 0.265 e. The third kappa shape index (κ3) is 6.39. The van der Waals surface area contributed by atoms with Crippen LogP contribution < -0.4 is 10.1 Å². The first-order valence-electron chi connectivity index (χ1n) is 10.2. The van der Waals surface area contributed by atoms with Gasteiger partial charge in [-0.05, 0) is 59.9 Å². The lowest BCUT2D eigenvalue weighted by Gasteiger charge is -2.20. The summed E-state index contributed by atoms with van der Waals surface area (Å²) in [6.45, 7) is 8.28. The number of amides is 1. The molecule has 0 fully saturated rings. The Hall–Kier alpha value is -2.72. The highest BCUT2D eigenvalue weighted by Gasteiger charge is 2.17. The minimum Gasteiger partial charge on any atom is -0.481 e. The molecule has 3 aromatic carbocycles. The van der Waals surface area contributed by atoms with Crippen molar-refractivity contribution in [1.82, 2.24) is 0 Å². The normalized spacial score (nSPS) is 12.3. The van der Waals surface area contributed by atoms with Crippen LogP contribution in [0.2, 0.25) is 0 Å². The quantitative estimate of drug-likeness (QED) is 0.434. The van der Waals surface area contributed by atoms with Gasteiger partial charge in [-0.15, -0.1) is 11.8 Å². The van der Waals surface area contributed by atoms with E-state index in [-0.39, 0.29) is 11.3 Å². The lowest BCUT2D eigenvalue weighted by molar-refractivity contribution is -0.122. The molecule has 156 valence electrons. The van der Waals surface area contributed by atoms with Gasteiger partial charge in [0.05, 0.1) is 0 Å². The van der Waals surface area contributed by atoms with Crippen molar-refractivity contribution < 1.29 is 9.53 Å². The molecule has 0 bridgehead atoms. The molecule has 0 unspecified atom stereocenters. The van der Waals surface area contributed by atoms with E-state index in [9.17, 15) is 4.79 Å². The molecule has 0 saturated heterocycles. The Bertz CT molecular complexity index is 945. The molecule has 0 heterocycles. The van der Waals surface area contributed by atoms with Gasteiger partial charge in [-0.2, -0.15) is 0 Å². The van der Waals surface area contributed by atoms with Crippen molar-refractivity contribution in [2.45, 2.75) is 49.9 Å². The largest absolute Gasteiger partial charge is 0.481 e. The van der Waals surface area contributed by atoms with Gasteiger partial charge in [0.2, 0.25) is 0 Å². The maximum Gasteiger partial charge on any atom is 0.265 e. The minimum atomic E-state index is -0.584. The Morgan fingerprint density at radius 2 is 1.57 bits per heavy atom. The van der Waals surface area contributed by atoms with Crippen molar-refractivity contribution in [2.24, 2.45) is 0 Å². The van der Waals surface area contributed by atoms with Crippen LogP contribution in [0.4, 0.5) is 5.69 Å². The number of benzene rings is 3. The van der Waals surface area contributed by atoms with Crippen LogP contribution in [-0.4, -0.2) is 12.0 Å². The van der Waals surface area contributed by atoms with Crippen LogP contribution >= 0.6 is 11.8 Å². The predicted octanol–water partition coefficient (Wildman–Crippen LogP) is 6.68. The zero-order chi connectivity index (χ0) is 21.6. The Morgan fingerprint density at radius 3 is 2.17 bits per heavy atom. The maximum atomic E-state index is 12.5. The van der Waals surface area contributed by atoms with Gasteiger partial charge in [-0.3, -0.25) is 4.79 Å². The van der Waals surface area contributed by atoms with Gasteiger partial charge in [-0.1, -0.05) is 63.2 Å². The van der Waals surface area contributed by atoms with Crippen LogP contribution in [0, 0.1) is 0 Å². The Kier molecular flexibility index (Phi) is 7.22. The van der Waals surface area contributed by atoms with Gasteiger partial charge in [-0.25, -0.2) is 0 Å². The standard InChI is InChI=1S/C26H29NO2S/c1-19(29-23-16-12-21(13-17-23)26(2,3)4)25(28)27-22-14-10-20(11-15-22)18-30-24-8-6-5-7-9-24/h5-17,19H,18H2,1-4H3,(H,27,28)/t19-/m0/s1. The van der Waals surface area contributed by atoms with Crippen LogP contribution in [0.1, 0.15) is 38.8 Å². The zero-order valence-corrected chi connectivity index (χ0v) is 18.8. The number of hydrogen-bond donors (Lipinski definition) is 1. The van der Waals surface area contributed by atoms with Crippen LogP contribution in [-0.2, 0) is 16.0 Å². The minimum absolute atomic E-state index is 0.0906. The van der Waals surface area contributed by atoms with Gasteiger partial charge in [0.1, 0.15) is 5.75 Å². The average Bonchev–Trinajstić information content (AvgIpc) is 2.73. The molecule has 0 aliphatic carbocycles. The summed E-state index contributed by atoms with van der Waals surface area (Å²) >= 11 is 1.79. The van der Waals surface area contributed by atoms with Crippen LogP contribution in [0.3, 0.4) is 0 Å². The van der Waals surface area contributed by atoms with Crippen LogP contribution in [0.25, 0.3) is 0 Å². The number of rotatable bonds is 7. The number of carbonyl (C=O) groups excluding carboxylic acids is 1. The highest BCUT2D eigenvalue weighted by atomic mass is 32.2. The molecule has 0 aliphatic heterocycles. The molecule has 0 aromatic heterocycles. The summed E-state index contributed by atoms with van der Waals surface area (Å²) in [5.74, 6) is 1.42. The van der Waals surface area contributed by atoms with Crippen molar-refractivity contribution in [3.63, 3.8) is 0 Å². The Labute approximate surface area is 183 Å². The third-order valence-electron chi connectivity index (χ3n) is 4.77. The average molecular weight is 420 g/mol. The molecule has 1 amide bonds. The van der Waals surface area contributed by atoms with Crippen molar-refractivity contribution in [2.75, 3.05) is 5.32 Å². The van der Waals surface area contributed by atoms with E-state index >= 15 is 0 Å². The van der Waals surface area contributed by atoms with Gasteiger partial charge in [0.15, 0.2) is 6.10 Å². The molecule has 0 saturated carbocycles. The molecule has 4 heteroatoms. The number of anilines is 1. The third-order valence-corrected chi connectivity index (χ3v) is 5.86. The van der Waals surface area contributed by atoms with Crippen molar-refractivity contribution >= 4 is 23.4 Å². The fraction of sp³-hybridized carbons (Fsp3) is 0.269. The SMILES string of the molecule is C[C@H](Oc1ccc(C(C)(C)C)cc1)C(=O)Nc1ccc(CSc2ccccc2)cc1. The number of thioether (sulfide) groups is 1. The van der Waals surface area contributed by atoms with Crippen molar-refractivity contribution in [1.29, 1.82) is 0 Å². The van der Waals surface area contributed by atoms with Gasteiger partial charge >= 0.3 is 0 Å². The predicted molar refractivity (Wildman–Crippen MR) is 126 cm³/mol. The van der Waals surface area contributed by atoms with Gasteiger partial charge < -0.3 is 10.1 Å². The van der Waals surface area contributed by atoms with Gasteiger partial charge in [0.25, 0.3) is 5.91 Å². The first-order chi connectivity index (χ1) is 14.3. The Balaban J connectivity index is 1.51. The first-order valence-corrected chi connectivity index (χ1v) is 11.1. The molecule has 3 aromatic rings. The number of ether oxygens (including phenoxy) is 1. The molecule has 0 spiro atoms. The molecule has 30 heavy (non-hydrogen) atoms. The Morgan fingerprint density at radius 1 is 0.933 bits per heavy atom. The summed E-state index contributed by atoms with van der Waals surface area (Å²) < 4.78 is 5.81. The van der Waals surface area contributed by atoms with E-state index < -0.39 is 6.10 Å². The summed E-state index contributed by atoms with van der Waals surface area (Å²) in [7, 11) is 0. The number of carbonyl (C=O) groups is 1. The van der Waals surface area contributed by atoms with E-state index in [1.54, 1.807) is 18.7 Å². The summed E-state index contributed by atoms with van der Waals surface area (Å²) in [6.07, 6.45) is -0.584. The molecule has 0 aliphatic rings. The summed E-state index contributed by atoms with van der Waals surface area (Å²) in [5.41, 5.74) is 3.31. The van der Waals surface area contributed by atoms with E-state index in [1.165, 1.54) is 16.0 Å². The monoisotopic (exact) mass is 419 g/mol. The topological polar surface area (TPSA) is 38.3 Å². The van der Waals surface area contributed by atoms with E-state index in [0.29, 0.717) is 5.75 Å². The fourth-order valence-corrected chi connectivity index (χ4v) is 3.78. The molecular weight excluding hydrogens is 390 g/mol. The maximum absolute atomic E-state index is 12.5. The van der Waals surface area contributed by atoms with E-state index in [2.05, 4.69) is 38.2 Å². The van der Waals surface area contributed by atoms with E-state index in [0.717, 1.165) is 11.4 Å². The highest BCUT2D eigenvalue weighted by Crippen LogP contribution is 2.25. The second-order valence-electron chi connectivity index (χ2n) is 8.32. The summed E-state index contributed by atoms with van der Waals surface area (Å²) in [6, 6.07) is 26.2. The van der Waals surface area contributed by atoms with Crippen LogP contribution in [0.15, 0.2) is 83.8 Å². The summed E-state index contributed by atoms with van der Waals surface area (Å²) in [4.78, 5) is 13.7. The van der Waals surface area contributed by atoms with Crippen molar-refractivity contribution in [3.8, 4) is 5.75 Å². The molecular formula is C26H29NO2S. The first kappa shape index (κ1) is 22.0. The molecule has 3 nitrogen and oxygen atoms in total. The zero-order valence-electron chi connectivity index (χ0n) is 18.0. The van der Waals surface area contributed by atoms with Gasteiger partial charge in [0, 0.05) is 16.3 Å². The number of nitrogens with one attached hydrogen (secondary N) is 1. The number of hydrogen-bond acceptors (Lipinski definition) is 3. The lowest BCUT2D eigenvalue weighted by atomic mass is 9.87. The second-order valence-corrected chi connectivity index (χ2v) is 9.37.